The van der Waals surface area contributed by atoms with E-state index in [1.807, 2.05) is 36.6 Å². The quantitative estimate of drug-likeness (QED) is 0.614. The molecule has 0 spiro atoms. The molecule has 1 aliphatic heterocycles. The van der Waals surface area contributed by atoms with Gasteiger partial charge in [0.15, 0.2) is 4.96 Å². The molecular weight excluding hydrogens is 454 g/mol. The molecule has 1 saturated heterocycles. The number of benzene rings is 1. The number of carbonyl (C=O) groups excluding carboxylic acids is 1. The van der Waals surface area contributed by atoms with E-state index in [1.165, 1.54) is 11.3 Å². The largest absolute Gasteiger partial charge is 0.324 e. The maximum atomic E-state index is 12.6. The van der Waals surface area contributed by atoms with E-state index in [4.69, 9.17) is 0 Å². The summed E-state index contributed by atoms with van der Waals surface area (Å²) in [5.41, 5.74) is 1.54. The number of para-hydroxylation sites is 1. The minimum atomic E-state index is -0.213. The lowest BCUT2D eigenvalue weighted by Gasteiger charge is -2.37. The summed E-state index contributed by atoms with van der Waals surface area (Å²) in [6.45, 7) is 5.84. The minimum absolute atomic E-state index is 0.0109. The first-order valence-corrected chi connectivity index (χ1v) is 11.2. The molecule has 1 atom stereocenters. The van der Waals surface area contributed by atoms with Gasteiger partial charge < -0.3 is 5.32 Å². The summed E-state index contributed by atoms with van der Waals surface area (Å²) in [5.74, 6) is -0.0109. The number of aromatic nitrogens is 2. The van der Waals surface area contributed by atoms with Crippen LogP contribution in [0.15, 0.2) is 51.2 Å². The molecule has 1 aliphatic rings. The molecule has 3 heterocycles. The Morgan fingerprint density at radius 3 is 2.79 bits per heavy atom. The van der Waals surface area contributed by atoms with Crippen LogP contribution in [0.4, 0.5) is 5.69 Å². The average molecular weight is 476 g/mol. The SMILES string of the molecule is CC(C(=O)Nc1ccccc1Br)N1CCN(Cc2cc(=O)n3ccsc3n2)CC1. The van der Waals surface area contributed by atoms with Gasteiger partial charge in [-0.3, -0.25) is 23.8 Å². The molecule has 0 radical (unpaired) electrons. The molecule has 1 N–H and O–H groups in total. The molecule has 1 amide bonds. The number of hydrogen-bond donors (Lipinski definition) is 1. The Hall–Kier alpha value is -2.07. The molecule has 29 heavy (non-hydrogen) atoms. The third-order valence-electron chi connectivity index (χ3n) is 5.21. The molecule has 3 aromatic rings. The first kappa shape index (κ1) is 20.2. The van der Waals surface area contributed by atoms with Gasteiger partial charge in [0.1, 0.15) is 0 Å². The molecule has 2 aromatic heterocycles. The highest BCUT2D eigenvalue weighted by Crippen LogP contribution is 2.22. The predicted molar refractivity (Wildman–Crippen MR) is 118 cm³/mol. The van der Waals surface area contributed by atoms with Crippen LogP contribution in [0.5, 0.6) is 0 Å². The van der Waals surface area contributed by atoms with E-state index in [9.17, 15) is 9.59 Å². The zero-order valence-corrected chi connectivity index (χ0v) is 18.4. The van der Waals surface area contributed by atoms with Gasteiger partial charge in [0.25, 0.3) is 5.56 Å². The second-order valence-electron chi connectivity index (χ2n) is 7.10. The van der Waals surface area contributed by atoms with Crippen molar-refractivity contribution < 1.29 is 4.79 Å². The number of hydrogen-bond acceptors (Lipinski definition) is 6. The Morgan fingerprint density at radius 2 is 2.03 bits per heavy atom. The highest BCUT2D eigenvalue weighted by atomic mass is 79.9. The standard InChI is InChI=1S/C20H22BrN5O2S/c1-14(19(28)23-17-5-3-2-4-16(17)21)25-8-6-24(7-9-25)13-15-12-18(27)26-10-11-29-20(26)22-15/h2-5,10-12,14H,6-9,13H2,1H3,(H,23,28). The van der Waals surface area contributed by atoms with Crippen LogP contribution in [0.3, 0.4) is 0 Å². The Labute approximate surface area is 181 Å². The maximum absolute atomic E-state index is 12.6. The van der Waals surface area contributed by atoms with Crippen LogP contribution in [0.1, 0.15) is 12.6 Å². The molecule has 0 bridgehead atoms. The molecule has 0 aliphatic carbocycles. The Kier molecular flexibility index (Phi) is 6.09. The van der Waals surface area contributed by atoms with Gasteiger partial charge in [-0.25, -0.2) is 4.98 Å². The summed E-state index contributed by atoms with van der Waals surface area (Å²) in [7, 11) is 0. The highest BCUT2D eigenvalue weighted by Gasteiger charge is 2.26. The Morgan fingerprint density at radius 1 is 1.28 bits per heavy atom. The van der Waals surface area contributed by atoms with Crippen molar-refractivity contribution in [1.29, 1.82) is 0 Å². The van der Waals surface area contributed by atoms with Gasteiger partial charge in [-0.1, -0.05) is 12.1 Å². The minimum Gasteiger partial charge on any atom is -0.324 e. The third-order valence-corrected chi connectivity index (χ3v) is 6.66. The third kappa shape index (κ3) is 4.58. The number of piperazine rings is 1. The number of thiazole rings is 1. The lowest BCUT2D eigenvalue weighted by molar-refractivity contribution is -0.121. The van der Waals surface area contributed by atoms with Crippen molar-refractivity contribution >= 4 is 43.8 Å². The van der Waals surface area contributed by atoms with Crippen molar-refractivity contribution in [2.45, 2.75) is 19.5 Å². The van der Waals surface area contributed by atoms with Crippen molar-refractivity contribution in [3.8, 4) is 0 Å². The number of carbonyl (C=O) groups is 1. The Balaban J connectivity index is 1.33. The van der Waals surface area contributed by atoms with E-state index in [1.54, 1.807) is 16.7 Å². The first-order chi connectivity index (χ1) is 14.0. The summed E-state index contributed by atoms with van der Waals surface area (Å²) in [4.78, 5) is 34.6. The van der Waals surface area contributed by atoms with Gasteiger partial charge in [0.05, 0.1) is 17.4 Å². The zero-order chi connectivity index (χ0) is 20.4. The summed E-state index contributed by atoms with van der Waals surface area (Å²) in [5, 5.41) is 4.86. The van der Waals surface area contributed by atoms with Gasteiger partial charge in [0.2, 0.25) is 5.91 Å². The number of anilines is 1. The van der Waals surface area contributed by atoms with Crippen molar-refractivity contribution in [2.24, 2.45) is 0 Å². The van der Waals surface area contributed by atoms with Crippen molar-refractivity contribution in [3.05, 3.63) is 62.4 Å². The number of halogens is 1. The second kappa shape index (κ2) is 8.74. The summed E-state index contributed by atoms with van der Waals surface area (Å²) in [6, 6.07) is 9.01. The van der Waals surface area contributed by atoms with Crippen LogP contribution in [0.25, 0.3) is 4.96 Å². The van der Waals surface area contributed by atoms with Crippen LogP contribution in [0.2, 0.25) is 0 Å². The molecule has 1 aromatic carbocycles. The number of fused-ring (bicyclic) bond motifs is 1. The summed E-state index contributed by atoms with van der Waals surface area (Å²) < 4.78 is 2.44. The van der Waals surface area contributed by atoms with Gasteiger partial charge >= 0.3 is 0 Å². The first-order valence-electron chi connectivity index (χ1n) is 9.49. The number of nitrogens with one attached hydrogen (secondary N) is 1. The number of rotatable bonds is 5. The fraction of sp³-hybridized carbons (Fsp3) is 0.350. The van der Waals surface area contributed by atoms with Crippen LogP contribution >= 0.6 is 27.3 Å². The molecule has 7 nitrogen and oxygen atoms in total. The van der Waals surface area contributed by atoms with Crippen LogP contribution < -0.4 is 10.9 Å². The topological polar surface area (TPSA) is 70.0 Å². The zero-order valence-electron chi connectivity index (χ0n) is 16.0. The smallest absolute Gasteiger partial charge is 0.258 e. The summed E-state index contributed by atoms with van der Waals surface area (Å²) >= 11 is 4.93. The lowest BCUT2D eigenvalue weighted by Crippen LogP contribution is -2.52. The van der Waals surface area contributed by atoms with E-state index in [0.29, 0.717) is 6.54 Å². The molecule has 1 unspecified atom stereocenters. The average Bonchev–Trinajstić information content (AvgIpc) is 3.19. The molecular formula is C20H22BrN5O2S. The fourth-order valence-electron chi connectivity index (χ4n) is 3.47. The molecule has 0 saturated carbocycles. The van der Waals surface area contributed by atoms with Crippen LogP contribution in [0, 0.1) is 0 Å². The predicted octanol–water partition coefficient (Wildman–Crippen LogP) is 2.66. The van der Waals surface area contributed by atoms with Crippen LogP contribution in [-0.4, -0.2) is 57.3 Å². The maximum Gasteiger partial charge on any atom is 0.258 e. The normalized spacial score (nSPS) is 16.8. The van der Waals surface area contributed by atoms with E-state index >= 15 is 0 Å². The molecule has 152 valence electrons. The highest BCUT2D eigenvalue weighted by molar-refractivity contribution is 9.10. The summed E-state index contributed by atoms with van der Waals surface area (Å²) in [6.07, 6.45) is 1.75. The van der Waals surface area contributed by atoms with Crippen molar-refractivity contribution in [2.75, 3.05) is 31.5 Å². The van der Waals surface area contributed by atoms with Gasteiger partial charge in [-0.15, -0.1) is 11.3 Å². The monoisotopic (exact) mass is 475 g/mol. The van der Waals surface area contributed by atoms with E-state index in [2.05, 4.69) is 36.0 Å². The molecule has 1 fully saturated rings. The van der Waals surface area contributed by atoms with Crippen LogP contribution in [-0.2, 0) is 11.3 Å². The van der Waals surface area contributed by atoms with Gasteiger partial charge in [-0.2, -0.15) is 0 Å². The van der Waals surface area contributed by atoms with Gasteiger partial charge in [-0.05, 0) is 35.0 Å². The number of amides is 1. The number of nitrogens with zero attached hydrogens (tertiary/aromatic N) is 4. The molecule has 9 heteroatoms. The Bertz CT molecular complexity index is 1070. The van der Waals surface area contributed by atoms with E-state index in [0.717, 1.165) is 47.0 Å². The van der Waals surface area contributed by atoms with E-state index in [-0.39, 0.29) is 17.5 Å². The fourth-order valence-corrected chi connectivity index (χ4v) is 4.59. The molecule has 4 rings (SSSR count). The second-order valence-corrected chi connectivity index (χ2v) is 8.83. The van der Waals surface area contributed by atoms with Gasteiger partial charge in [0, 0.05) is 54.8 Å². The van der Waals surface area contributed by atoms with Crippen molar-refractivity contribution in [3.63, 3.8) is 0 Å². The lowest BCUT2D eigenvalue weighted by atomic mass is 10.2. The van der Waals surface area contributed by atoms with Crippen molar-refractivity contribution in [1.82, 2.24) is 19.2 Å². The van der Waals surface area contributed by atoms with E-state index < -0.39 is 0 Å².